The number of rotatable bonds is 6. The van der Waals surface area contributed by atoms with Crippen LogP contribution in [-0.4, -0.2) is 17.9 Å². The molecule has 0 saturated carbocycles. The fourth-order valence-corrected chi connectivity index (χ4v) is 1.95. The minimum atomic E-state index is -4.32. The van der Waals surface area contributed by atoms with Crippen LogP contribution < -0.4 is 10.1 Å². The monoisotopic (exact) mass is 314 g/mol. The van der Waals surface area contributed by atoms with Crippen molar-refractivity contribution in [1.29, 1.82) is 0 Å². The van der Waals surface area contributed by atoms with Gasteiger partial charge in [0.25, 0.3) is 0 Å². The molecule has 1 heterocycles. The molecule has 0 fully saturated rings. The summed E-state index contributed by atoms with van der Waals surface area (Å²) in [4.78, 5) is 0. The second-order valence-electron chi connectivity index (χ2n) is 4.95. The Morgan fingerprint density at radius 3 is 2.36 bits per heavy atom. The highest BCUT2D eigenvalue weighted by atomic mass is 19.4. The Labute approximate surface area is 126 Å². The Morgan fingerprint density at radius 1 is 1.14 bits per heavy atom. The minimum absolute atomic E-state index is 0.201. The van der Waals surface area contributed by atoms with Crippen molar-refractivity contribution in [3.05, 3.63) is 46.8 Å². The first-order valence-corrected chi connectivity index (χ1v) is 6.76. The van der Waals surface area contributed by atoms with Crippen LogP contribution in [0.1, 0.15) is 22.6 Å². The molecule has 0 bridgehead atoms. The minimum Gasteiger partial charge on any atom is -0.484 e. The van der Waals surface area contributed by atoms with E-state index in [2.05, 4.69) is 15.2 Å². The van der Waals surface area contributed by atoms with Crippen LogP contribution in [0.5, 0.6) is 5.75 Å². The van der Waals surface area contributed by atoms with Gasteiger partial charge in [-0.15, -0.1) is 0 Å². The Balaban J connectivity index is 1.82. The molecule has 22 heavy (non-hydrogen) atoms. The molecule has 1 aromatic carbocycles. The summed E-state index contributed by atoms with van der Waals surface area (Å²) >= 11 is 0. The molecule has 0 aliphatic carbocycles. The van der Waals surface area contributed by atoms with Crippen LogP contribution >= 0.6 is 0 Å². The highest BCUT2D eigenvalue weighted by Crippen LogP contribution is 2.19. The lowest BCUT2D eigenvalue weighted by atomic mass is 10.2. The molecule has 0 unspecified atom stereocenters. The van der Waals surface area contributed by atoms with Crippen molar-refractivity contribution >= 4 is 0 Å². The van der Waals surface area contributed by atoms with Gasteiger partial charge in [-0.1, -0.05) is 17.3 Å². The molecule has 1 aromatic heterocycles. The van der Waals surface area contributed by atoms with Crippen molar-refractivity contribution in [2.45, 2.75) is 33.1 Å². The number of nitrogens with one attached hydrogen (secondary N) is 1. The number of nitrogens with zero attached hydrogens (tertiary/aromatic N) is 1. The van der Waals surface area contributed by atoms with Gasteiger partial charge in [-0.3, -0.25) is 0 Å². The number of hydrogen-bond acceptors (Lipinski definition) is 4. The number of benzene rings is 1. The van der Waals surface area contributed by atoms with Crippen LogP contribution in [0.2, 0.25) is 0 Å². The molecule has 2 rings (SSSR count). The normalized spacial score (nSPS) is 11.7. The van der Waals surface area contributed by atoms with Gasteiger partial charge < -0.3 is 14.6 Å². The van der Waals surface area contributed by atoms with Crippen LogP contribution in [0.15, 0.2) is 28.8 Å². The van der Waals surface area contributed by atoms with Crippen molar-refractivity contribution in [2.75, 3.05) is 6.61 Å². The van der Waals surface area contributed by atoms with Crippen molar-refractivity contribution in [3.63, 3.8) is 0 Å². The maximum Gasteiger partial charge on any atom is 0.422 e. The van der Waals surface area contributed by atoms with E-state index in [1.807, 2.05) is 13.8 Å². The maximum absolute atomic E-state index is 12.0. The average Bonchev–Trinajstić information content (AvgIpc) is 2.77. The Hall–Kier alpha value is -2.02. The summed E-state index contributed by atoms with van der Waals surface area (Å²) in [5.74, 6) is 0.979. The zero-order chi connectivity index (χ0) is 16.2. The van der Waals surface area contributed by atoms with Gasteiger partial charge >= 0.3 is 6.18 Å². The summed E-state index contributed by atoms with van der Waals surface area (Å²) < 4.78 is 45.8. The predicted octanol–water partition coefficient (Wildman–Crippen LogP) is 3.52. The molecular weight excluding hydrogens is 297 g/mol. The van der Waals surface area contributed by atoms with Gasteiger partial charge in [0.05, 0.1) is 5.69 Å². The van der Waals surface area contributed by atoms with Gasteiger partial charge in [0.1, 0.15) is 11.5 Å². The summed E-state index contributed by atoms with van der Waals surface area (Å²) in [5, 5.41) is 7.11. The number of hydrogen-bond donors (Lipinski definition) is 1. The van der Waals surface area contributed by atoms with Gasteiger partial charge in [0, 0.05) is 18.7 Å². The lowest BCUT2D eigenvalue weighted by Crippen LogP contribution is -2.19. The fourth-order valence-electron chi connectivity index (χ4n) is 1.95. The second-order valence-corrected chi connectivity index (χ2v) is 4.95. The molecule has 120 valence electrons. The largest absolute Gasteiger partial charge is 0.484 e. The van der Waals surface area contributed by atoms with Crippen molar-refractivity contribution < 1.29 is 22.4 Å². The molecule has 1 N–H and O–H groups in total. The van der Waals surface area contributed by atoms with Gasteiger partial charge in [0.2, 0.25) is 0 Å². The van der Waals surface area contributed by atoms with Crippen LogP contribution in [0, 0.1) is 13.8 Å². The number of halogens is 3. The van der Waals surface area contributed by atoms with E-state index in [1.54, 1.807) is 12.1 Å². The van der Waals surface area contributed by atoms with E-state index in [0.29, 0.717) is 13.1 Å². The smallest absolute Gasteiger partial charge is 0.422 e. The van der Waals surface area contributed by atoms with E-state index in [1.165, 1.54) is 12.1 Å². The summed E-state index contributed by atoms with van der Waals surface area (Å²) in [6.07, 6.45) is -4.32. The molecule has 4 nitrogen and oxygen atoms in total. The summed E-state index contributed by atoms with van der Waals surface area (Å²) in [6, 6.07) is 6.51. The van der Waals surface area contributed by atoms with Gasteiger partial charge in [-0.25, -0.2) is 0 Å². The first kappa shape index (κ1) is 16.4. The summed E-state index contributed by atoms with van der Waals surface area (Å²) in [7, 11) is 0. The van der Waals surface area contributed by atoms with Crippen LogP contribution in [0.4, 0.5) is 13.2 Å². The van der Waals surface area contributed by atoms with E-state index in [4.69, 9.17) is 4.52 Å². The zero-order valence-electron chi connectivity index (χ0n) is 12.3. The molecule has 0 saturated heterocycles. The first-order valence-electron chi connectivity index (χ1n) is 6.76. The maximum atomic E-state index is 12.0. The third-order valence-electron chi connectivity index (χ3n) is 3.14. The predicted molar refractivity (Wildman–Crippen MR) is 74.5 cm³/mol. The SMILES string of the molecule is Cc1noc(C)c1CNCc1ccc(OCC(F)(F)F)cc1. The molecular formula is C15H17F3N2O2. The molecule has 0 radical (unpaired) electrons. The number of ether oxygens (including phenoxy) is 1. The first-order chi connectivity index (χ1) is 10.3. The molecule has 0 atom stereocenters. The summed E-state index contributed by atoms with van der Waals surface area (Å²) in [6.45, 7) is 3.65. The van der Waals surface area contributed by atoms with Crippen LogP contribution in [0.25, 0.3) is 0 Å². The van der Waals surface area contributed by atoms with Crippen molar-refractivity contribution in [3.8, 4) is 5.75 Å². The standard InChI is InChI=1S/C15H17F3N2O2/c1-10-14(11(2)22-20-10)8-19-7-12-3-5-13(6-4-12)21-9-15(16,17)18/h3-6,19H,7-9H2,1-2H3. The molecule has 0 amide bonds. The van der Waals surface area contributed by atoms with E-state index in [9.17, 15) is 13.2 Å². The van der Waals surface area contributed by atoms with E-state index in [0.717, 1.165) is 22.6 Å². The quantitative estimate of drug-likeness (QED) is 0.886. The Bertz CT molecular complexity index is 587. The fraction of sp³-hybridized carbons (Fsp3) is 0.400. The second kappa shape index (κ2) is 6.83. The molecule has 7 heteroatoms. The number of alkyl halides is 3. The topological polar surface area (TPSA) is 47.3 Å². The lowest BCUT2D eigenvalue weighted by molar-refractivity contribution is -0.153. The molecule has 0 spiro atoms. The number of aromatic nitrogens is 1. The van der Waals surface area contributed by atoms with E-state index >= 15 is 0 Å². The highest BCUT2D eigenvalue weighted by molar-refractivity contribution is 5.27. The average molecular weight is 314 g/mol. The third kappa shape index (κ3) is 4.77. The third-order valence-corrected chi connectivity index (χ3v) is 3.14. The van der Waals surface area contributed by atoms with Gasteiger partial charge in [0.15, 0.2) is 6.61 Å². The van der Waals surface area contributed by atoms with E-state index in [-0.39, 0.29) is 5.75 Å². The zero-order valence-corrected chi connectivity index (χ0v) is 12.3. The van der Waals surface area contributed by atoms with Crippen LogP contribution in [0.3, 0.4) is 0 Å². The lowest BCUT2D eigenvalue weighted by Gasteiger charge is -2.10. The van der Waals surface area contributed by atoms with Crippen LogP contribution in [-0.2, 0) is 13.1 Å². The highest BCUT2D eigenvalue weighted by Gasteiger charge is 2.28. The van der Waals surface area contributed by atoms with E-state index < -0.39 is 12.8 Å². The molecule has 2 aromatic rings. The van der Waals surface area contributed by atoms with Crippen molar-refractivity contribution in [1.82, 2.24) is 10.5 Å². The molecule has 0 aliphatic heterocycles. The Morgan fingerprint density at radius 2 is 1.82 bits per heavy atom. The molecule has 0 aliphatic rings. The van der Waals surface area contributed by atoms with Crippen molar-refractivity contribution in [2.24, 2.45) is 0 Å². The Kier molecular flexibility index (Phi) is 5.07. The van der Waals surface area contributed by atoms with Gasteiger partial charge in [-0.05, 0) is 31.5 Å². The number of aryl methyl sites for hydroxylation is 2. The van der Waals surface area contributed by atoms with Gasteiger partial charge in [-0.2, -0.15) is 13.2 Å². The summed E-state index contributed by atoms with van der Waals surface area (Å²) in [5.41, 5.74) is 2.82.